The lowest BCUT2D eigenvalue weighted by atomic mass is 10.2. The van der Waals surface area contributed by atoms with Crippen LogP contribution in [0.3, 0.4) is 0 Å². The van der Waals surface area contributed by atoms with Crippen molar-refractivity contribution in [3.05, 3.63) is 60.0 Å². The largest absolute Gasteiger partial charge is 0.494 e. The van der Waals surface area contributed by atoms with E-state index in [1.165, 1.54) is 0 Å². The van der Waals surface area contributed by atoms with E-state index < -0.39 is 5.97 Å². The van der Waals surface area contributed by atoms with Gasteiger partial charge in [0.1, 0.15) is 11.5 Å². The van der Waals surface area contributed by atoms with Crippen LogP contribution in [0.5, 0.6) is 11.5 Å². The maximum Gasteiger partial charge on any atom is 0.343 e. The van der Waals surface area contributed by atoms with Crippen molar-refractivity contribution in [1.29, 1.82) is 0 Å². The molecule has 1 heterocycles. The van der Waals surface area contributed by atoms with Crippen LogP contribution in [0.2, 0.25) is 0 Å². The van der Waals surface area contributed by atoms with Gasteiger partial charge < -0.3 is 14.0 Å². The lowest BCUT2D eigenvalue weighted by molar-refractivity contribution is 0.0734. The van der Waals surface area contributed by atoms with Gasteiger partial charge in [0.15, 0.2) is 0 Å². The van der Waals surface area contributed by atoms with Crippen molar-refractivity contribution in [1.82, 2.24) is 10.1 Å². The first-order chi connectivity index (χ1) is 11.7. The number of nitrogens with zero attached hydrogens (tertiary/aromatic N) is 2. The molecule has 3 aromatic rings. The summed E-state index contributed by atoms with van der Waals surface area (Å²) in [6, 6.07) is 13.7. The Kier molecular flexibility index (Phi) is 4.56. The molecule has 3 rings (SSSR count). The molecule has 0 saturated carbocycles. The topological polar surface area (TPSA) is 74.5 Å². The zero-order valence-corrected chi connectivity index (χ0v) is 13.4. The zero-order chi connectivity index (χ0) is 16.9. The van der Waals surface area contributed by atoms with Crippen molar-refractivity contribution in [3.63, 3.8) is 0 Å². The van der Waals surface area contributed by atoms with E-state index in [2.05, 4.69) is 10.1 Å². The van der Waals surface area contributed by atoms with Crippen LogP contribution < -0.4 is 9.47 Å². The fraction of sp³-hybridized carbons (Fsp3) is 0.167. The minimum atomic E-state index is -0.429. The molecular weight excluding hydrogens is 308 g/mol. The third-order valence-electron chi connectivity index (χ3n) is 3.25. The van der Waals surface area contributed by atoms with Crippen LogP contribution in [0.1, 0.15) is 23.2 Å². The number of rotatable bonds is 5. The van der Waals surface area contributed by atoms with E-state index in [9.17, 15) is 4.79 Å². The SMILES string of the molecule is CCOc1ccc(C(=O)Oc2ccc(-c3noc(C)n3)cc2)cc1. The Morgan fingerprint density at radius 3 is 2.29 bits per heavy atom. The first-order valence-corrected chi connectivity index (χ1v) is 7.51. The molecule has 0 radical (unpaired) electrons. The van der Waals surface area contributed by atoms with E-state index in [0.29, 0.717) is 35.4 Å². The summed E-state index contributed by atoms with van der Waals surface area (Å²) in [4.78, 5) is 16.3. The molecule has 0 saturated heterocycles. The average molecular weight is 324 g/mol. The van der Waals surface area contributed by atoms with Crippen molar-refractivity contribution < 1.29 is 18.8 Å². The van der Waals surface area contributed by atoms with E-state index in [-0.39, 0.29) is 0 Å². The van der Waals surface area contributed by atoms with Crippen LogP contribution in [0.4, 0.5) is 0 Å². The van der Waals surface area contributed by atoms with Gasteiger partial charge in [-0.1, -0.05) is 5.16 Å². The van der Waals surface area contributed by atoms with Crippen molar-refractivity contribution in [2.45, 2.75) is 13.8 Å². The Morgan fingerprint density at radius 1 is 1.04 bits per heavy atom. The second-order valence-corrected chi connectivity index (χ2v) is 5.01. The summed E-state index contributed by atoms with van der Waals surface area (Å²) >= 11 is 0. The molecule has 0 aliphatic rings. The maximum absolute atomic E-state index is 12.1. The molecule has 0 aliphatic carbocycles. The molecule has 0 atom stereocenters. The average Bonchev–Trinajstić information content (AvgIpc) is 3.03. The van der Waals surface area contributed by atoms with Crippen molar-refractivity contribution in [2.75, 3.05) is 6.61 Å². The number of aromatic nitrogens is 2. The molecule has 0 aliphatic heterocycles. The van der Waals surface area contributed by atoms with Gasteiger partial charge in [0.25, 0.3) is 0 Å². The van der Waals surface area contributed by atoms with Crippen LogP contribution in [0.15, 0.2) is 53.1 Å². The van der Waals surface area contributed by atoms with Gasteiger partial charge in [-0.2, -0.15) is 4.98 Å². The number of esters is 1. The van der Waals surface area contributed by atoms with Crippen LogP contribution in [-0.4, -0.2) is 22.7 Å². The third kappa shape index (κ3) is 3.60. The second kappa shape index (κ2) is 6.95. The smallest absolute Gasteiger partial charge is 0.343 e. The van der Waals surface area contributed by atoms with Gasteiger partial charge in [-0.05, 0) is 55.5 Å². The Hall–Kier alpha value is -3.15. The number of carbonyl (C=O) groups excluding carboxylic acids is 1. The number of hydrogen-bond acceptors (Lipinski definition) is 6. The lowest BCUT2D eigenvalue weighted by Gasteiger charge is -2.06. The fourth-order valence-electron chi connectivity index (χ4n) is 2.11. The molecule has 2 aromatic carbocycles. The van der Waals surface area contributed by atoms with Gasteiger partial charge in [0.05, 0.1) is 12.2 Å². The molecule has 122 valence electrons. The Labute approximate surface area is 139 Å². The summed E-state index contributed by atoms with van der Waals surface area (Å²) in [6.45, 7) is 4.21. The van der Waals surface area contributed by atoms with E-state index in [4.69, 9.17) is 14.0 Å². The monoisotopic (exact) mass is 324 g/mol. The number of hydrogen-bond donors (Lipinski definition) is 0. The normalized spacial score (nSPS) is 10.4. The van der Waals surface area contributed by atoms with Crippen LogP contribution in [0.25, 0.3) is 11.4 Å². The van der Waals surface area contributed by atoms with Gasteiger partial charge >= 0.3 is 5.97 Å². The van der Waals surface area contributed by atoms with Crippen molar-refractivity contribution in [2.24, 2.45) is 0 Å². The highest BCUT2D eigenvalue weighted by atomic mass is 16.5. The van der Waals surface area contributed by atoms with Gasteiger partial charge in [-0.15, -0.1) is 0 Å². The Bertz CT molecular complexity index is 823. The summed E-state index contributed by atoms with van der Waals surface area (Å²) in [5, 5.41) is 3.84. The molecular formula is C18H16N2O4. The number of ether oxygens (including phenoxy) is 2. The first-order valence-electron chi connectivity index (χ1n) is 7.51. The molecule has 24 heavy (non-hydrogen) atoms. The molecule has 0 fully saturated rings. The van der Waals surface area contributed by atoms with Crippen LogP contribution in [0, 0.1) is 6.92 Å². The highest BCUT2D eigenvalue weighted by Gasteiger charge is 2.10. The number of benzene rings is 2. The highest BCUT2D eigenvalue weighted by Crippen LogP contribution is 2.21. The zero-order valence-electron chi connectivity index (χ0n) is 13.4. The third-order valence-corrected chi connectivity index (χ3v) is 3.25. The van der Waals surface area contributed by atoms with Gasteiger partial charge in [-0.25, -0.2) is 4.79 Å². The van der Waals surface area contributed by atoms with E-state index >= 15 is 0 Å². The molecule has 1 aromatic heterocycles. The van der Waals surface area contributed by atoms with E-state index in [1.54, 1.807) is 55.5 Å². The van der Waals surface area contributed by atoms with Gasteiger partial charge in [0.2, 0.25) is 11.7 Å². The minimum Gasteiger partial charge on any atom is -0.494 e. The molecule has 6 heteroatoms. The maximum atomic E-state index is 12.1. The summed E-state index contributed by atoms with van der Waals surface area (Å²) < 4.78 is 15.6. The molecule has 0 spiro atoms. The van der Waals surface area contributed by atoms with Gasteiger partial charge in [-0.3, -0.25) is 0 Å². The predicted octanol–water partition coefficient (Wildman–Crippen LogP) is 3.66. The summed E-state index contributed by atoms with van der Waals surface area (Å²) in [6.07, 6.45) is 0. The number of carbonyl (C=O) groups is 1. The lowest BCUT2D eigenvalue weighted by Crippen LogP contribution is -2.08. The van der Waals surface area contributed by atoms with E-state index in [0.717, 1.165) is 5.56 Å². The fourth-order valence-corrected chi connectivity index (χ4v) is 2.11. The standard InChI is InChI=1S/C18H16N2O4/c1-3-22-15-8-6-14(7-9-15)18(21)23-16-10-4-13(5-11-16)17-19-12(2)24-20-17/h4-11H,3H2,1-2H3. The quantitative estimate of drug-likeness (QED) is 0.526. The Morgan fingerprint density at radius 2 is 1.71 bits per heavy atom. The molecule has 0 bridgehead atoms. The second-order valence-electron chi connectivity index (χ2n) is 5.01. The predicted molar refractivity (Wildman–Crippen MR) is 87.0 cm³/mol. The number of aryl methyl sites for hydroxylation is 1. The molecule has 0 amide bonds. The Balaban J connectivity index is 1.68. The molecule has 6 nitrogen and oxygen atoms in total. The van der Waals surface area contributed by atoms with Crippen LogP contribution >= 0.6 is 0 Å². The van der Waals surface area contributed by atoms with Crippen molar-refractivity contribution in [3.8, 4) is 22.9 Å². The first kappa shape index (κ1) is 15.7. The minimum absolute atomic E-state index is 0.429. The van der Waals surface area contributed by atoms with Gasteiger partial charge in [0, 0.05) is 12.5 Å². The highest BCUT2D eigenvalue weighted by molar-refractivity contribution is 5.91. The molecule has 0 N–H and O–H groups in total. The van der Waals surface area contributed by atoms with E-state index in [1.807, 2.05) is 6.92 Å². The summed E-state index contributed by atoms with van der Waals surface area (Å²) in [5.74, 6) is 1.72. The van der Waals surface area contributed by atoms with Crippen molar-refractivity contribution >= 4 is 5.97 Å². The summed E-state index contributed by atoms with van der Waals surface area (Å²) in [5.41, 5.74) is 1.24. The molecule has 0 unspecified atom stereocenters. The summed E-state index contributed by atoms with van der Waals surface area (Å²) in [7, 11) is 0. The van der Waals surface area contributed by atoms with Crippen LogP contribution in [-0.2, 0) is 0 Å².